The summed E-state index contributed by atoms with van der Waals surface area (Å²) in [5.41, 5.74) is 0.408. The molecule has 0 N–H and O–H groups in total. The van der Waals surface area contributed by atoms with E-state index in [2.05, 4.69) is 27.0 Å². The topological polar surface area (TPSA) is 27.0 Å². The molecule has 0 aromatic rings. The highest BCUT2D eigenvalue weighted by Crippen LogP contribution is 2.33. The molecule has 0 amide bonds. The van der Waals surface area contributed by atoms with Crippen LogP contribution in [0.3, 0.4) is 0 Å². The second-order valence-electron chi connectivity index (χ2n) is 5.08. The van der Waals surface area contributed by atoms with Crippen molar-refractivity contribution in [2.45, 2.75) is 40.0 Å². The van der Waals surface area contributed by atoms with E-state index in [9.17, 15) is 0 Å². The Labute approximate surface area is 81.5 Å². The molecule has 2 nitrogen and oxygen atoms in total. The van der Waals surface area contributed by atoms with E-state index in [1.165, 1.54) is 19.3 Å². The maximum absolute atomic E-state index is 8.78. The molecule has 1 atom stereocenters. The number of hydrogen-bond donors (Lipinski definition) is 0. The van der Waals surface area contributed by atoms with E-state index < -0.39 is 0 Å². The van der Waals surface area contributed by atoms with Crippen LogP contribution >= 0.6 is 0 Å². The SMILES string of the molecule is CC(C)(C)C1CCCN(C#N)CC1. The van der Waals surface area contributed by atoms with Crippen molar-refractivity contribution in [3.63, 3.8) is 0 Å². The van der Waals surface area contributed by atoms with Crippen molar-refractivity contribution in [3.8, 4) is 6.19 Å². The van der Waals surface area contributed by atoms with Gasteiger partial charge in [-0.05, 0) is 30.6 Å². The summed E-state index contributed by atoms with van der Waals surface area (Å²) in [4.78, 5) is 1.89. The first kappa shape index (κ1) is 10.4. The van der Waals surface area contributed by atoms with Gasteiger partial charge < -0.3 is 4.90 Å². The summed E-state index contributed by atoms with van der Waals surface area (Å²) < 4.78 is 0. The van der Waals surface area contributed by atoms with Crippen LogP contribution in [0.2, 0.25) is 0 Å². The maximum atomic E-state index is 8.78. The number of likely N-dealkylation sites (tertiary alicyclic amines) is 1. The van der Waals surface area contributed by atoms with Crippen LogP contribution in [0.15, 0.2) is 0 Å². The number of rotatable bonds is 0. The standard InChI is InChI=1S/C11H20N2/c1-11(2,3)10-5-4-7-13(9-12)8-6-10/h10H,4-8H2,1-3H3. The molecule has 1 aliphatic rings. The number of nitrogens with zero attached hydrogens (tertiary/aromatic N) is 2. The van der Waals surface area contributed by atoms with E-state index in [4.69, 9.17) is 5.26 Å². The Morgan fingerprint density at radius 2 is 1.92 bits per heavy atom. The molecule has 74 valence electrons. The molecule has 0 aliphatic carbocycles. The quantitative estimate of drug-likeness (QED) is 0.536. The fourth-order valence-corrected chi connectivity index (χ4v) is 2.06. The number of hydrogen-bond acceptors (Lipinski definition) is 2. The van der Waals surface area contributed by atoms with Gasteiger partial charge in [0.2, 0.25) is 0 Å². The van der Waals surface area contributed by atoms with Crippen LogP contribution < -0.4 is 0 Å². The Morgan fingerprint density at radius 1 is 1.23 bits per heavy atom. The first-order valence-electron chi connectivity index (χ1n) is 5.18. The largest absolute Gasteiger partial charge is 0.311 e. The summed E-state index contributed by atoms with van der Waals surface area (Å²) in [7, 11) is 0. The van der Waals surface area contributed by atoms with Crippen LogP contribution in [-0.2, 0) is 0 Å². The second-order valence-corrected chi connectivity index (χ2v) is 5.08. The van der Waals surface area contributed by atoms with Gasteiger partial charge in [0, 0.05) is 13.1 Å². The molecule has 1 unspecified atom stereocenters. The van der Waals surface area contributed by atoms with Crippen molar-refractivity contribution in [3.05, 3.63) is 0 Å². The molecule has 0 saturated carbocycles. The molecule has 1 heterocycles. The minimum absolute atomic E-state index is 0.408. The van der Waals surface area contributed by atoms with Crippen LogP contribution in [0.1, 0.15) is 40.0 Å². The molecular weight excluding hydrogens is 160 g/mol. The second kappa shape index (κ2) is 4.00. The minimum Gasteiger partial charge on any atom is -0.311 e. The van der Waals surface area contributed by atoms with Gasteiger partial charge in [-0.15, -0.1) is 0 Å². The van der Waals surface area contributed by atoms with Crippen molar-refractivity contribution in [2.24, 2.45) is 11.3 Å². The van der Waals surface area contributed by atoms with Crippen molar-refractivity contribution in [1.82, 2.24) is 4.90 Å². The maximum Gasteiger partial charge on any atom is 0.179 e. The van der Waals surface area contributed by atoms with Gasteiger partial charge in [0.05, 0.1) is 0 Å². The van der Waals surface area contributed by atoms with Gasteiger partial charge >= 0.3 is 0 Å². The van der Waals surface area contributed by atoms with Gasteiger partial charge in [0.15, 0.2) is 6.19 Å². The molecule has 0 radical (unpaired) electrons. The highest BCUT2D eigenvalue weighted by molar-refractivity contribution is 4.82. The summed E-state index contributed by atoms with van der Waals surface area (Å²) in [5, 5.41) is 8.78. The smallest absolute Gasteiger partial charge is 0.179 e. The zero-order valence-electron chi connectivity index (χ0n) is 9.01. The van der Waals surface area contributed by atoms with Crippen molar-refractivity contribution < 1.29 is 0 Å². The molecular formula is C11H20N2. The lowest BCUT2D eigenvalue weighted by Crippen LogP contribution is -2.22. The third-order valence-corrected chi connectivity index (χ3v) is 3.09. The lowest BCUT2D eigenvalue weighted by atomic mass is 9.77. The van der Waals surface area contributed by atoms with Gasteiger partial charge in [0.25, 0.3) is 0 Å². The zero-order chi connectivity index (χ0) is 9.90. The van der Waals surface area contributed by atoms with Gasteiger partial charge in [-0.2, -0.15) is 5.26 Å². The molecule has 1 aliphatic heterocycles. The lowest BCUT2D eigenvalue weighted by Gasteiger charge is -2.29. The minimum atomic E-state index is 0.408. The third kappa shape index (κ3) is 2.91. The predicted octanol–water partition coefficient (Wildman–Crippen LogP) is 2.62. The zero-order valence-corrected chi connectivity index (χ0v) is 9.01. The van der Waals surface area contributed by atoms with Crippen molar-refractivity contribution in [2.75, 3.05) is 13.1 Å². The van der Waals surface area contributed by atoms with Crippen LogP contribution in [0, 0.1) is 22.8 Å². The molecule has 1 fully saturated rings. The van der Waals surface area contributed by atoms with Crippen LogP contribution in [0.25, 0.3) is 0 Å². The number of nitriles is 1. The molecule has 0 bridgehead atoms. The van der Waals surface area contributed by atoms with E-state index in [1.54, 1.807) is 0 Å². The summed E-state index contributed by atoms with van der Waals surface area (Å²) in [6.07, 6.45) is 5.88. The molecule has 2 heteroatoms. The Kier molecular flexibility index (Phi) is 3.19. The van der Waals surface area contributed by atoms with Crippen molar-refractivity contribution >= 4 is 0 Å². The first-order chi connectivity index (χ1) is 6.04. The van der Waals surface area contributed by atoms with Gasteiger partial charge in [-0.1, -0.05) is 20.8 Å². The van der Waals surface area contributed by atoms with E-state index >= 15 is 0 Å². The highest BCUT2D eigenvalue weighted by atomic mass is 15.1. The summed E-state index contributed by atoms with van der Waals surface area (Å²) in [6, 6.07) is 0. The fourth-order valence-electron chi connectivity index (χ4n) is 2.06. The normalized spacial score (nSPS) is 25.1. The van der Waals surface area contributed by atoms with E-state index in [1.807, 2.05) is 4.90 Å². The van der Waals surface area contributed by atoms with Gasteiger partial charge in [0.1, 0.15) is 0 Å². The molecule has 0 aromatic carbocycles. The average molecular weight is 180 g/mol. The Balaban J connectivity index is 2.51. The third-order valence-electron chi connectivity index (χ3n) is 3.09. The molecule has 0 spiro atoms. The van der Waals surface area contributed by atoms with Gasteiger partial charge in [-0.3, -0.25) is 0 Å². The first-order valence-corrected chi connectivity index (χ1v) is 5.18. The average Bonchev–Trinajstić information content (AvgIpc) is 2.26. The molecule has 13 heavy (non-hydrogen) atoms. The van der Waals surface area contributed by atoms with E-state index in [-0.39, 0.29) is 0 Å². The summed E-state index contributed by atoms with van der Waals surface area (Å²) in [6.45, 7) is 8.83. The van der Waals surface area contributed by atoms with E-state index in [0.717, 1.165) is 19.0 Å². The van der Waals surface area contributed by atoms with Crippen LogP contribution in [0.5, 0.6) is 0 Å². The lowest BCUT2D eigenvalue weighted by molar-refractivity contribution is 0.215. The van der Waals surface area contributed by atoms with Crippen LogP contribution in [-0.4, -0.2) is 18.0 Å². The van der Waals surface area contributed by atoms with Crippen LogP contribution in [0.4, 0.5) is 0 Å². The molecule has 0 aromatic heterocycles. The van der Waals surface area contributed by atoms with Gasteiger partial charge in [-0.25, -0.2) is 0 Å². The van der Waals surface area contributed by atoms with E-state index in [0.29, 0.717) is 5.41 Å². The highest BCUT2D eigenvalue weighted by Gasteiger charge is 2.26. The Bertz CT molecular complexity index is 197. The monoisotopic (exact) mass is 180 g/mol. The molecule has 1 rings (SSSR count). The summed E-state index contributed by atoms with van der Waals surface area (Å²) >= 11 is 0. The van der Waals surface area contributed by atoms with Crippen molar-refractivity contribution in [1.29, 1.82) is 5.26 Å². The molecule has 1 saturated heterocycles. The Hall–Kier alpha value is -0.710. The fraction of sp³-hybridized carbons (Fsp3) is 0.909. The Morgan fingerprint density at radius 3 is 2.46 bits per heavy atom. The summed E-state index contributed by atoms with van der Waals surface area (Å²) in [5.74, 6) is 0.783. The predicted molar refractivity (Wildman–Crippen MR) is 54.0 cm³/mol.